The number of anilines is 2. The minimum Gasteiger partial charge on any atom is -0.454 e. The molecule has 3 heteroatoms. The second kappa shape index (κ2) is 5.32. The van der Waals surface area contributed by atoms with Gasteiger partial charge in [-0.15, -0.1) is 0 Å². The normalized spacial score (nSPS) is 23.6. The van der Waals surface area contributed by atoms with Crippen molar-refractivity contribution in [2.75, 3.05) is 16.3 Å². The lowest BCUT2D eigenvalue weighted by atomic mass is 9.77. The molecule has 7 rings (SSSR count). The first-order chi connectivity index (χ1) is 13.6. The van der Waals surface area contributed by atoms with Crippen LogP contribution in [0.1, 0.15) is 31.4 Å². The van der Waals surface area contributed by atoms with Crippen molar-refractivity contribution in [1.82, 2.24) is 0 Å². The van der Waals surface area contributed by atoms with E-state index in [-0.39, 0.29) is 11.7 Å². The van der Waals surface area contributed by atoms with E-state index in [9.17, 15) is 0 Å². The topological polar surface area (TPSA) is 19.6 Å². The molecule has 3 nitrogen and oxygen atoms in total. The molecule has 4 aromatic rings. The monoisotopic (exact) mass is 368 g/mol. The highest BCUT2D eigenvalue weighted by molar-refractivity contribution is 6.09. The predicted octanol–water partition coefficient (Wildman–Crippen LogP) is 6.19. The van der Waals surface area contributed by atoms with Crippen molar-refractivity contribution in [1.29, 1.82) is 0 Å². The van der Waals surface area contributed by atoms with Gasteiger partial charge in [-0.3, -0.25) is 0 Å². The van der Waals surface area contributed by atoms with E-state index in [0.717, 1.165) is 24.1 Å². The van der Waals surface area contributed by atoms with Gasteiger partial charge in [0.2, 0.25) is 0 Å². The quantitative estimate of drug-likeness (QED) is 0.400. The second-order valence-electron chi connectivity index (χ2n) is 8.44. The van der Waals surface area contributed by atoms with Crippen LogP contribution in [0, 0.1) is 6.92 Å². The van der Waals surface area contributed by atoms with Crippen molar-refractivity contribution >= 4 is 33.3 Å². The third-order valence-electron chi connectivity index (χ3n) is 6.95. The van der Waals surface area contributed by atoms with Gasteiger partial charge in [0.15, 0.2) is 5.58 Å². The van der Waals surface area contributed by atoms with Crippen molar-refractivity contribution in [3.63, 3.8) is 0 Å². The molecule has 1 aromatic heterocycles. The zero-order chi connectivity index (χ0) is 19.0. The number of para-hydroxylation sites is 2. The molecule has 2 unspecified atom stereocenters. The van der Waals surface area contributed by atoms with E-state index in [1.807, 2.05) is 6.07 Å². The molecule has 2 atom stereocenters. The standard InChI is InChI=1S/C25H24N2O/c1-16-12-13-19-18-8-4-7-11-22(18)28-24(19)23(16)27-17(2)26-15-14-25(27,3)20-9-5-6-10-21(20)26/h4-13,17H,14-15H2,1-3H3. The first kappa shape index (κ1) is 16.1. The van der Waals surface area contributed by atoms with E-state index >= 15 is 0 Å². The van der Waals surface area contributed by atoms with E-state index in [0.29, 0.717) is 0 Å². The lowest BCUT2D eigenvalue weighted by molar-refractivity contribution is 0.294. The maximum absolute atomic E-state index is 6.45. The largest absolute Gasteiger partial charge is 0.454 e. The fraction of sp³-hybridized carbons (Fsp3) is 0.280. The van der Waals surface area contributed by atoms with Crippen LogP contribution in [0.2, 0.25) is 0 Å². The van der Waals surface area contributed by atoms with Crippen LogP contribution in [-0.4, -0.2) is 12.7 Å². The summed E-state index contributed by atoms with van der Waals surface area (Å²) in [6, 6.07) is 21.7. The summed E-state index contributed by atoms with van der Waals surface area (Å²) in [4.78, 5) is 5.15. The number of hydrogen-bond donors (Lipinski definition) is 0. The zero-order valence-corrected chi connectivity index (χ0v) is 16.6. The van der Waals surface area contributed by atoms with E-state index in [1.54, 1.807) is 0 Å². The van der Waals surface area contributed by atoms with Crippen molar-refractivity contribution in [2.24, 2.45) is 0 Å². The number of rotatable bonds is 1. The summed E-state index contributed by atoms with van der Waals surface area (Å²) in [5.41, 5.74) is 7.25. The highest BCUT2D eigenvalue weighted by Gasteiger charge is 2.50. The summed E-state index contributed by atoms with van der Waals surface area (Å²) in [6.45, 7) is 8.04. The number of benzene rings is 3. The molecule has 0 radical (unpaired) electrons. The number of nitrogens with zero attached hydrogens (tertiary/aromatic N) is 2. The number of hydrogen-bond acceptors (Lipinski definition) is 3. The van der Waals surface area contributed by atoms with Gasteiger partial charge in [0.1, 0.15) is 5.58 Å². The van der Waals surface area contributed by atoms with Crippen LogP contribution in [-0.2, 0) is 5.54 Å². The Hall–Kier alpha value is -2.94. The fourth-order valence-corrected chi connectivity index (χ4v) is 5.57. The third kappa shape index (κ3) is 1.84. The van der Waals surface area contributed by atoms with Gasteiger partial charge < -0.3 is 14.2 Å². The summed E-state index contributed by atoms with van der Waals surface area (Å²) in [5, 5.41) is 2.40. The Morgan fingerprint density at radius 1 is 0.964 bits per heavy atom. The molecule has 0 spiro atoms. The smallest absolute Gasteiger partial charge is 0.159 e. The molecule has 4 heterocycles. The highest BCUT2D eigenvalue weighted by Crippen LogP contribution is 2.53. The Morgan fingerprint density at radius 2 is 1.75 bits per heavy atom. The molecule has 1 saturated heterocycles. The molecule has 1 fully saturated rings. The number of fused-ring (bicyclic) bond motifs is 5. The van der Waals surface area contributed by atoms with Crippen LogP contribution >= 0.6 is 0 Å². The van der Waals surface area contributed by atoms with Gasteiger partial charge >= 0.3 is 0 Å². The lowest BCUT2D eigenvalue weighted by Gasteiger charge is -2.60. The summed E-state index contributed by atoms with van der Waals surface area (Å²) in [5.74, 6) is 0. The SMILES string of the molecule is Cc1ccc2c(oc3ccccc32)c1N1C(C)N2CCC1(C)c1ccccc12. The zero-order valence-electron chi connectivity index (χ0n) is 16.6. The molecule has 2 bridgehead atoms. The van der Waals surface area contributed by atoms with E-state index in [2.05, 4.69) is 85.2 Å². The Balaban J connectivity index is 1.67. The van der Waals surface area contributed by atoms with Crippen LogP contribution in [0.3, 0.4) is 0 Å². The average Bonchev–Trinajstić information content (AvgIpc) is 3.08. The molecule has 3 aromatic carbocycles. The Labute approximate surface area is 165 Å². The van der Waals surface area contributed by atoms with Crippen LogP contribution in [0.15, 0.2) is 65.1 Å². The van der Waals surface area contributed by atoms with Crippen LogP contribution in [0.4, 0.5) is 11.4 Å². The minimum atomic E-state index is -0.0389. The van der Waals surface area contributed by atoms with Crippen LogP contribution in [0.5, 0.6) is 0 Å². The third-order valence-corrected chi connectivity index (χ3v) is 6.95. The fourth-order valence-electron chi connectivity index (χ4n) is 5.57. The van der Waals surface area contributed by atoms with Gasteiger partial charge in [0.25, 0.3) is 0 Å². The molecule has 0 aliphatic carbocycles. The van der Waals surface area contributed by atoms with Gasteiger partial charge in [-0.1, -0.05) is 48.5 Å². The molecule has 0 amide bonds. The Kier molecular flexibility index (Phi) is 3.05. The number of furan rings is 1. The molecule has 0 N–H and O–H groups in total. The van der Waals surface area contributed by atoms with E-state index in [1.165, 1.54) is 33.3 Å². The lowest BCUT2D eigenvalue weighted by Crippen LogP contribution is -2.66. The van der Waals surface area contributed by atoms with Gasteiger partial charge in [0, 0.05) is 28.6 Å². The summed E-state index contributed by atoms with van der Waals surface area (Å²) < 4.78 is 6.45. The maximum Gasteiger partial charge on any atom is 0.159 e. The molecule has 140 valence electrons. The minimum absolute atomic E-state index is 0.0389. The predicted molar refractivity (Wildman–Crippen MR) is 116 cm³/mol. The van der Waals surface area contributed by atoms with E-state index in [4.69, 9.17) is 4.42 Å². The van der Waals surface area contributed by atoms with Crippen molar-refractivity contribution in [2.45, 2.75) is 38.9 Å². The Bertz CT molecular complexity index is 1240. The molecule has 0 saturated carbocycles. The van der Waals surface area contributed by atoms with Crippen LogP contribution < -0.4 is 9.80 Å². The molecule has 3 aliphatic heterocycles. The first-order valence-electron chi connectivity index (χ1n) is 10.2. The van der Waals surface area contributed by atoms with Crippen molar-refractivity contribution in [3.05, 3.63) is 71.8 Å². The van der Waals surface area contributed by atoms with Gasteiger partial charge in [-0.05, 0) is 44.9 Å². The second-order valence-corrected chi connectivity index (χ2v) is 8.44. The summed E-state index contributed by atoms with van der Waals surface area (Å²) in [6.07, 6.45) is 1.40. The summed E-state index contributed by atoms with van der Waals surface area (Å²) >= 11 is 0. The molecular formula is C25H24N2O. The molecular weight excluding hydrogens is 344 g/mol. The van der Waals surface area contributed by atoms with Gasteiger partial charge in [0.05, 0.1) is 17.4 Å². The summed E-state index contributed by atoms with van der Waals surface area (Å²) in [7, 11) is 0. The molecule has 3 aliphatic rings. The first-order valence-corrected chi connectivity index (χ1v) is 10.2. The van der Waals surface area contributed by atoms with Gasteiger partial charge in [-0.25, -0.2) is 0 Å². The van der Waals surface area contributed by atoms with E-state index < -0.39 is 0 Å². The van der Waals surface area contributed by atoms with Crippen molar-refractivity contribution < 1.29 is 4.42 Å². The molecule has 28 heavy (non-hydrogen) atoms. The van der Waals surface area contributed by atoms with Crippen LogP contribution in [0.25, 0.3) is 21.9 Å². The maximum atomic E-state index is 6.45. The number of aryl methyl sites for hydroxylation is 1. The Morgan fingerprint density at radius 3 is 2.64 bits per heavy atom. The highest BCUT2D eigenvalue weighted by atomic mass is 16.3. The van der Waals surface area contributed by atoms with Gasteiger partial charge in [-0.2, -0.15) is 0 Å². The average molecular weight is 368 g/mol. The van der Waals surface area contributed by atoms with Crippen molar-refractivity contribution in [3.8, 4) is 0 Å².